The van der Waals surface area contributed by atoms with Gasteiger partial charge in [0.25, 0.3) is 5.91 Å². The van der Waals surface area contributed by atoms with Gasteiger partial charge in [0.15, 0.2) is 0 Å². The highest BCUT2D eigenvalue weighted by molar-refractivity contribution is 5.94. The summed E-state index contributed by atoms with van der Waals surface area (Å²) >= 11 is 0. The molecule has 3 nitrogen and oxygen atoms in total. The zero-order chi connectivity index (χ0) is 13.0. The maximum Gasteiger partial charge on any atom is 0.253 e. The van der Waals surface area contributed by atoms with Gasteiger partial charge < -0.3 is 10.2 Å². The second kappa shape index (κ2) is 5.89. The van der Waals surface area contributed by atoms with Crippen LogP contribution in [0.1, 0.15) is 42.1 Å². The first-order valence-electron chi connectivity index (χ1n) is 6.84. The Balaban J connectivity index is 2.10. The van der Waals surface area contributed by atoms with Crippen molar-refractivity contribution in [3.63, 3.8) is 0 Å². The Morgan fingerprint density at radius 3 is 3.06 bits per heavy atom. The lowest BCUT2D eigenvalue weighted by Crippen LogP contribution is -2.28. The number of carbonyl (C=O) groups excluding carboxylic acids is 1. The molecule has 0 aliphatic carbocycles. The zero-order valence-corrected chi connectivity index (χ0v) is 11.3. The van der Waals surface area contributed by atoms with Gasteiger partial charge in [0.2, 0.25) is 0 Å². The summed E-state index contributed by atoms with van der Waals surface area (Å²) in [4.78, 5) is 14.1. The molecule has 0 radical (unpaired) electrons. The molecule has 1 aliphatic heterocycles. The normalized spacial score (nSPS) is 13.7. The molecule has 0 saturated heterocycles. The number of nitrogens with zero attached hydrogens (tertiary/aromatic N) is 1. The fraction of sp³-hybridized carbons (Fsp3) is 0.533. The smallest absolute Gasteiger partial charge is 0.253 e. The average Bonchev–Trinajstić information content (AvgIpc) is 2.43. The largest absolute Gasteiger partial charge is 0.385 e. The van der Waals surface area contributed by atoms with Gasteiger partial charge in [-0.25, -0.2) is 0 Å². The monoisotopic (exact) mass is 246 g/mol. The van der Waals surface area contributed by atoms with Crippen LogP contribution in [0.2, 0.25) is 0 Å². The number of hydrogen-bond donors (Lipinski definition) is 1. The third kappa shape index (κ3) is 2.84. The lowest BCUT2D eigenvalue weighted by Gasteiger charge is -2.21. The molecule has 98 valence electrons. The number of anilines is 1. The number of carbonyl (C=O) groups is 1. The van der Waals surface area contributed by atoms with E-state index in [9.17, 15) is 4.79 Å². The van der Waals surface area contributed by atoms with Gasteiger partial charge >= 0.3 is 0 Å². The Morgan fingerprint density at radius 1 is 1.44 bits per heavy atom. The molecule has 3 heteroatoms. The van der Waals surface area contributed by atoms with Crippen molar-refractivity contribution in [2.75, 3.05) is 25.5 Å². The van der Waals surface area contributed by atoms with Gasteiger partial charge in [-0.3, -0.25) is 4.79 Å². The predicted octanol–water partition coefficient (Wildman–Crippen LogP) is 2.92. The van der Waals surface area contributed by atoms with Crippen molar-refractivity contribution in [3.05, 3.63) is 29.3 Å². The quantitative estimate of drug-likeness (QED) is 0.886. The van der Waals surface area contributed by atoms with Gasteiger partial charge in [0.05, 0.1) is 0 Å². The van der Waals surface area contributed by atoms with E-state index in [1.807, 2.05) is 30.1 Å². The third-order valence-corrected chi connectivity index (χ3v) is 3.48. The maximum absolute atomic E-state index is 12.2. The minimum absolute atomic E-state index is 0.136. The molecular formula is C15H22N2O. The summed E-state index contributed by atoms with van der Waals surface area (Å²) < 4.78 is 0. The van der Waals surface area contributed by atoms with E-state index in [0.29, 0.717) is 0 Å². The molecule has 18 heavy (non-hydrogen) atoms. The molecule has 0 aromatic heterocycles. The highest BCUT2D eigenvalue weighted by Crippen LogP contribution is 2.23. The number of nitrogens with one attached hydrogen (secondary N) is 1. The average molecular weight is 246 g/mol. The molecule has 2 rings (SSSR count). The summed E-state index contributed by atoms with van der Waals surface area (Å²) in [6.45, 7) is 4.02. The Kier molecular flexibility index (Phi) is 4.24. The predicted molar refractivity (Wildman–Crippen MR) is 75.1 cm³/mol. The fourth-order valence-electron chi connectivity index (χ4n) is 2.33. The van der Waals surface area contributed by atoms with Gasteiger partial charge in [-0.2, -0.15) is 0 Å². The number of aryl methyl sites for hydroxylation is 1. The van der Waals surface area contributed by atoms with E-state index < -0.39 is 0 Å². The number of amides is 1. The van der Waals surface area contributed by atoms with E-state index in [4.69, 9.17) is 0 Å². The van der Waals surface area contributed by atoms with Crippen molar-refractivity contribution in [3.8, 4) is 0 Å². The van der Waals surface area contributed by atoms with Gasteiger partial charge in [-0.1, -0.05) is 13.3 Å². The number of fused-ring (bicyclic) bond motifs is 1. The summed E-state index contributed by atoms with van der Waals surface area (Å²) in [5, 5.41) is 3.37. The summed E-state index contributed by atoms with van der Waals surface area (Å²) in [5.74, 6) is 0.136. The minimum Gasteiger partial charge on any atom is -0.385 e. The standard InChI is InChI=1S/C15H22N2O/c1-3-4-10-17(2)15(18)13-7-8-14-12(11-13)6-5-9-16-14/h7-8,11,16H,3-6,9-10H2,1-2H3. The van der Waals surface area contributed by atoms with Crippen LogP contribution < -0.4 is 5.32 Å². The molecule has 0 bridgehead atoms. The summed E-state index contributed by atoms with van der Waals surface area (Å²) in [5.41, 5.74) is 3.28. The highest BCUT2D eigenvalue weighted by Gasteiger charge is 2.14. The van der Waals surface area contributed by atoms with Crippen LogP contribution in [0.25, 0.3) is 0 Å². The van der Waals surface area contributed by atoms with Gasteiger partial charge in [-0.05, 0) is 43.0 Å². The maximum atomic E-state index is 12.2. The van der Waals surface area contributed by atoms with Crippen molar-refractivity contribution >= 4 is 11.6 Å². The van der Waals surface area contributed by atoms with Crippen LogP contribution in [-0.4, -0.2) is 30.9 Å². The molecule has 1 heterocycles. The summed E-state index contributed by atoms with van der Waals surface area (Å²) in [6, 6.07) is 6.02. The van der Waals surface area contributed by atoms with Crippen LogP contribution in [-0.2, 0) is 6.42 Å². The van der Waals surface area contributed by atoms with E-state index in [1.54, 1.807) is 0 Å². The number of benzene rings is 1. The van der Waals surface area contributed by atoms with Crippen LogP contribution in [0.5, 0.6) is 0 Å². The zero-order valence-electron chi connectivity index (χ0n) is 11.3. The summed E-state index contributed by atoms with van der Waals surface area (Å²) in [7, 11) is 1.88. The SMILES string of the molecule is CCCCN(C)C(=O)c1ccc2c(c1)CCCN2. The van der Waals surface area contributed by atoms with Crippen molar-refractivity contribution in [1.29, 1.82) is 0 Å². The van der Waals surface area contributed by atoms with Crippen LogP contribution in [0, 0.1) is 0 Å². The van der Waals surface area contributed by atoms with Crippen LogP contribution in [0.4, 0.5) is 5.69 Å². The molecule has 0 unspecified atom stereocenters. The lowest BCUT2D eigenvalue weighted by molar-refractivity contribution is 0.0793. The van der Waals surface area contributed by atoms with Gasteiger partial charge in [0, 0.05) is 31.4 Å². The first kappa shape index (κ1) is 12.9. The van der Waals surface area contributed by atoms with Gasteiger partial charge in [0.1, 0.15) is 0 Å². The van der Waals surface area contributed by atoms with Crippen molar-refractivity contribution < 1.29 is 4.79 Å². The molecule has 0 saturated carbocycles. The van der Waals surface area contributed by atoms with Crippen LogP contribution in [0.3, 0.4) is 0 Å². The second-order valence-electron chi connectivity index (χ2n) is 4.98. The molecule has 0 fully saturated rings. The molecular weight excluding hydrogens is 224 g/mol. The molecule has 1 aromatic rings. The Labute approximate surface area is 109 Å². The Bertz CT molecular complexity index is 429. The molecule has 1 aliphatic rings. The molecule has 1 N–H and O–H groups in total. The summed E-state index contributed by atoms with van der Waals surface area (Å²) in [6.07, 6.45) is 4.40. The lowest BCUT2D eigenvalue weighted by atomic mass is 10.0. The number of unbranched alkanes of at least 4 members (excludes halogenated alkanes) is 1. The van der Waals surface area contributed by atoms with E-state index >= 15 is 0 Å². The van der Waals surface area contributed by atoms with Crippen molar-refractivity contribution in [1.82, 2.24) is 4.90 Å². The Hall–Kier alpha value is -1.51. The first-order valence-corrected chi connectivity index (χ1v) is 6.84. The van der Waals surface area contributed by atoms with Crippen molar-refractivity contribution in [2.24, 2.45) is 0 Å². The van der Waals surface area contributed by atoms with E-state index in [2.05, 4.69) is 12.2 Å². The molecule has 1 amide bonds. The number of rotatable bonds is 4. The minimum atomic E-state index is 0.136. The molecule has 0 atom stereocenters. The molecule has 1 aromatic carbocycles. The fourth-order valence-corrected chi connectivity index (χ4v) is 2.33. The van der Waals surface area contributed by atoms with Crippen LogP contribution in [0.15, 0.2) is 18.2 Å². The number of hydrogen-bond acceptors (Lipinski definition) is 2. The van der Waals surface area contributed by atoms with Gasteiger partial charge in [-0.15, -0.1) is 0 Å². The van der Waals surface area contributed by atoms with E-state index in [1.165, 1.54) is 11.3 Å². The molecule has 0 spiro atoms. The van der Waals surface area contributed by atoms with Crippen molar-refractivity contribution in [2.45, 2.75) is 32.6 Å². The third-order valence-electron chi connectivity index (χ3n) is 3.48. The Morgan fingerprint density at radius 2 is 2.28 bits per heavy atom. The van der Waals surface area contributed by atoms with Crippen LogP contribution >= 0.6 is 0 Å². The second-order valence-corrected chi connectivity index (χ2v) is 4.98. The topological polar surface area (TPSA) is 32.3 Å². The van der Waals surface area contributed by atoms with E-state index in [0.717, 1.165) is 44.3 Å². The first-order chi connectivity index (χ1) is 8.72. The highest BCUT2D eigenvalue weighted by atomic mass is 16.2. The van der Waals surface area contributed by atoms with E-state index in [-0.39, 0.29) is 5.91 Å².